The summed E-state index contributed by atoms with van der Waals surface area (Å²) >= 11 is 0. The zero-order chi connectivity index (χ0) is 17.6. The zero-order valence-electron chi connectivity index (χ0n) is 14.4. The van der Waals surface area contributed by atoms with Crippen molar-refractivity contribution in [1.82, 2.24) is 25.1 Å². The fourth-order valence-electron chi connectivity index (χ4n) is 2.57. The number of benzene rings is 1. The molecule has 6 heteroatoms. The van der Waals surface area contributed by atoms with Crippen LogP contribution in [0.1, 0.15) is 23.0 Å². The first-order chi connectivity index (χ1) is 12.1. The molecular formula is C19H21N5O. The molecule has 0 radical (unpaired) electrons. The summed E-state index contributed by atoms with van der Waals surface area (Å²) in [7, 11) is 0. The maximum atomic E-state index is 12.4. The van der Waals surface area contributed by atoms with Crippen LogP contribution in [-0.4, -0.2) is 32.2 Å². The predicted molar refractivity (Wildman–Crippen MR) is 95.9 cm³/mol. The van der Waals surface area contributed by atoms with Gasteiger partial charge in [0.15, 0.2) is 5.82 Å². The Bertz CT molecular complexity index is 830. The summed E-state index contributed by atoms with van der Waals surface area (Å²) < 4.78 is 1.86. The van der Waals surface area contributed by atoms with Gasteiger partial charge in [-0.2, -0.15) is 5.10 Å². The third kappa shape index (κ3) is 4.29. The van der Waals surface area contributed by atoms with Crippen molar-refractivity contribution in [2.45, 2.75) is 20.4 Å². The Morgan fingerprint density at radius 2 is 2.04 bits per heavy atom. The molecule has 2 heterocycles. The Morgan fingerprint density at radius 3 is 2.72 bits per heavy atom. The van der Waals surface area contributed by atoms with Crippen LogP contribution >= 0.6 is 0 Å². The maximum absolute atomic E-state index is 12.4. The predicted octanol–water partition coefficient (Wildman–Crippen LogP) is 2.71. The highest BCUT2D eigenvalue weighted by Gasteiger charge is 2.13. The number of aryl methyl sites for hydroxylation is 1. The molecular weight excluding hydrogens is 314 g/mol. The van der Waals surface area contributed by atoms with E-state index < -0.39 is 0 Å². The standard InChI is InChI=1S/C19H21N5O/c1-14(13-24-10-6-9-22-24)11-21-19(25)17-12-20-18(23-15(17)2)16-7-4-3-5-8-16/h3-10,12,14H,11,13H2,1-2H3,(H,21,25)/t14-/m0/s1. The third-order valence-corrected chi connectivity index (χ3v) is 3.92. The largest absolute Gasteiger partial charge is 0.352 e. The zero-order valence-corrected chi connectivity index (χ0v) is 14.4. The van der Waals surface area contributed by atoms with Gasteiger partial charge in [0.1, 0.15) is 0 Å². The number of carbonyl (C=O) groups excluding carboxylic acids is 1. The Balaban J connectivity index is 1.62. The van der Waals surface area contributed by atoms with Crippen molar-refractivity contribution in [2.75, 3.05) is 6.54 Å². The van der Waals surface area contributed by atoms with E-state index in [-0.39, 0.29) is 11.8 Å². The Labute approximate surface area is 146 Å². The van der Waals surface area contributed by atoms with Gasteiger partial charge in [-0.25, -0.2) is 9.97 Å². The molecule has 0 fully saturated rings. The van der Waals surface area contributed by atoms with Gasteiger partial charge in [-0.1, -0.05) is 37.3 Å². The topological polar surface area (TPSA) is 72.7 Å². The van der Waals surface area contributed by atoms with Crippen molar-refractivity contribution in [3.05, 3.63) is 66.2 Å². The van der Waals surface area contributed by atoms with E-state index in [1.54, 1.807) is 12.4 Å². The Morgan fingerprint density at radius 1 is 1.24 bits per heavy atom. The van der Waals surface area contributed by atoms with Crippen LogP contribution in [0.3, 0.4) is 0 Å². The molecule has 128 valence electrons. The number of aromatic nitrogens is 4. The average Bonchev–Trinajstić information content (AvgIpc) is 3.13. The minimum absolute atomic E-state index is 0.149. The van der Waals surface area contributed by atoms with Crippen LogP contribution in [0.2, 0.25) is 0 Å². The molecule has 0 aliphatic carbocycles. The number of nitrogens with one attached hydrogen (secondary N) is 1. The van der Waals surface area contributed by atoms with Crippen LogP contribution in [0.5, 0.6) is 0 Å². The molecule has 0 aliphatic heterocycles. The van der Waals surface area contributed by atoms with Crippen molar-refractivity contribution in [3.8, 4) is 11.4 Å². The van der Waals surface area contributed by atoms with Crippen LogP contribution in [-0.2, 0) is 6.54 Å². The first kappa shape index (κ1) is 16.8. The van der Waals surface area contributed by atoms with Crippen LogP contribution in [0, 0.1) is 12.8 Å². The number of amides is 1. The number of carbonyl (C=O) groups is 1. The second kappa shape index (κ2) is 7.70. The monoisotopic (exact) mass is 335 g/mol. The Kier molecular flexibility index (Phi) is 5.18. The van der Waals surface area contributed by atoms with Crippen LogP contribution in [0.25, 0.3) is 11.4 Å². The molecule has 1 atom stereocenters. The number of rotatable bonds is 6. The minimum atomic E-state index is -0.149. The smallest absolute Gasteiger partial charge is 0.254 e. The van der Waals surface area contributed by atoms with Crippen molar-refractivity contribution in [1.29, 1.82) is 0 Å². The van der Waals surface area contributed by atoms with E-state index in [1.807, 2.05) is 54.2 Å². The van der Waals surface area contributed by atoms with E-state index in [9.17, 15) is 4.79 Å². The lowest BCUT2D eigenvalue weighted by Gasteiger charge is -2.13. The molecule has 3 rings (SSSR count). The molecule has 6 nitrogen and oxygen atoms in total. The lowest BCUT2D eigenvalue weighted by molar-refractivity contribution is 0.0945. The van der Waals surface area contributed by atoms with Gasteiger partial charge in [0.2, 0.25) is 0 Å². The minimum Gasteiger partial charge on any atom is -0.352 e. The highest BCUT2D eigenvalue weighted by molar-refractivity contribution is 5.95. The van der Waals surface area contributed by atoms with Crippen molar-refractivity contribution in [3.63, 3.8) is 0 Å². The van der Waals surface area contributed by atoms with Crippen LogP contribution < -0.4 is 5.32 Å². The lowest BCUT2D eigenvalue weighted by atomic mass is 10.1. The number of hydrogen-bond acceptors (Lipinski definition) is 4. The first-order valence-corrected chi connectivity index (χ1v) is 8.28. The molecule has 0 saturated carbocycles. The summed E-state index contributed by atoms with van der Waals surface area (Å²) in [6.07, 6.45) is 5.26. The highest BCUT2D eigenvalue weighted by atomic mass is 16.1. The SMILES string of the molecule is Cc1nc(-c2ccccc2)ncc1C(=O)NC[C@H](C)Cn1cccn1. The Hall–Kier alpha value is -3.02. The summed E-state index contributed by atoms with van der Waals surface area (Å²) in [4.78, 5) is 21.2. The van der Waals surface area contributed by atoms with E-state index in [2.05, 4.69) is 27.3 Å². The maximum Gasteiger partial charge on any atom is 0.254 e. The molecule has 2 aromatic heterocycles. The molecule has 3 aromatic rings. The van der Waals surface area contributed by atoms with Gasteiger partial charge in [-0.3, -0.25) is 9.48 Å². The van der Waals surface area contributed by atoms with Crippen molar-refractivity contribution >= 4 is 5.91 Å². The fraction of sp³-hybridized carbons (Fsp3) is 0.263. The average molecular weight is 335 g/mol. The first-order valence-electron chi connectivity index (χ1n) is 8.28. The van der Waals surface area contributed by atoms with E-state index >= 15 is 0 Å². The number of nitrogens with zero attached hydrogens (tertiary/aromatic N) is 4. The molecule has 0 bridgehead atoms. The third-order valence-electron chi connectivity index (χ3n) is 3.92. The second-order valence-electron chi connectivity index (χ2n) is 6.10. The normalized spacial score (nSPS) is 11.9. The quantitative estimate of drug-likeness (QED) is 0.752. The van der Waals surface area contributed by atoms with Crippen LogP contribution in [0.15, 0.2) is 55.0 Å². The molecule has 1 aromatic carbocycles. The fourth-order valence-corrected chi connectivity index (χ4v) is 2.57. The van der Waals surface area contributed by atoms with Gasteiger partial charge in [-0.15, -0.1) is 0 Å². The summed E-state index contributed by atoms with van der Waals surface area (Å²) in [5.41, 5.74) is 2.11. The molecule has 0 spiro atoms. The van der Waals surface area contributed by atoms with E-state index in [1.165, 1.54) is 0 Å². The van der Waals surface area contributed by atoms with Gasteiger partial charge in [-0.05, 0) is 18.9 Å². The summed E-state index contributed by atoms with van der Waals surface area (Å²) in [5, 5.41) is 7.13. The van der Waals surface area contributed by atoms with Crippen molar-refractivity contribution in [2.24, 2.45) is 5.92 Å². The van der Waals surface area contributed by atoms with E-state index in [0.29, 0.717) is 23.6 Å². The van der Waals surface area contributed by atoms with Gasteiger partial charge >= 0.3 is 0 Å². The summed E-state index contributed by atoms with van der Waals surface area (Å²) in [6.45, 7) is 5.23. The molecule has 0 saturated heterocycles. The molecule has 0 unspecified atom stereocenters. The second-order valence-corrected chi connectivity index (χ2v) is 6.10. The molecule has 25 heavy (non-hydrogen) atoms. The molecule has 1 N–H and O–H groups in total. The lowest BCUT2D eigenvalue weighted by Crippen LogP contribution is -2.30. The van der Waals surface area contributed by atoms with Gasteiger partial charge in [0.25, 0.3) is 5.91 Å². The summed E-state index contributed by atoms with van der Waals surface area (Å²) in [5.74, 6) is 0.750. The van der Waals surface area contributed by atoms with Gasteiger partial charge < -0.3 is 5.32 Å². The van der Waals surface area contributed by atoms with Gasteiger partial charge in [0.05, 0.1) is 11.3 Å². The van der Waals surface area contributed by atoms with Crippen molar-refractivity contribution < 1.29 is 4.79 Å². The molecule has 0 aliphatic rings. The molecule has 1 amide bonds. The van der Waals surface area contributed by atoms with Gasteiger partial charge in [0, 0.05) is 37.2 Å². The highest BCUT2D eigenvalue weighted by Crippen LogP contribution is 2.15. The number of hydrogen-bond donors (Lipinski definition) is 1. The van der Waals surface area contributed by atoms with Crippen LogP contribution in [0.4, 0.5) is 0 Å². The van der Waals surface area contributed by atoms with E-state index in [4.69, 9.17) is 0 Å². The summed E-state index contributed by atoms with van der Waals surface area (Å²) in [6, 6.07) is 11.6. The van der Waals surface area contributed by atoms with E-state index in [0.717, 1.165) is 12.1 Å².